The van der Waals surface area contributed by atoms with E-state index in [4.69, 9.17) is 9.47 Å². The molecule has 2 heterocycles. The third-order valence-corrected chi connectivity index (χ3v) is 6.06. The van der Waals surface area contributed by atoms with Crippen molar-refractivity contribution in [1.29, 1.82) is 0 Å². The van der Waals surface area contributed by atoms with Crippen molar-refractivity contribution in [2.75, 3.05) is 31.7 Å². The number of hydrogen-bond acceptors (Lipinski definition) is 8. The summed E-state index contributed by atoms with van der Waals surface area (Å²) in [6, 6.07) is 5.77. The Morgan fingerprint density at radius 2 is 1.76 bits per heavy atom. The van der Waals surface area contributed by atoms with Gasteiger partial charge in [0.15, 0.2) is 0 Å². The molecule has 1 aromatic carbocycles. The highest BCUT2D eigenvalue weighted by Crippen LogP contribution is 2.27. The van der Waals surface area contributed by atoms with Crippen LogP contribution in [0, 0.1) is 5.92 Å². The number of carbonyl (C=O) groups excluding carboxylic acids is 1. The summed E-state index contributed by atoms with van der Waals surface area (Å²) in [5, 5.41) is 5.97. The molecule has 248 valence electrons. The van der Waals surface area contributed by atoms with Crippen LogP contribution in [0.25, 0.3) is 17.2 Å². The number of rotatable bonds is 17. The Hall–Kier alpha value is -4.08. The second-order valence-corrected chi connectivity index (χ2v) is 10.4. The van der Waals surface area contributed by atoms with Gasteiger partial charge in [0.1, 0.15) is 23.9 Å². The Bertz CT molecular complexity index is 1350. The topological polar surface area (TPSA) is 112 Å². The lowest BCUT2D eigenvalue weighted by Gasteiger charge is -2.21. The number of nitrogens with zero attached hydrogens (tertiary/aromatic N) is 4. The summed E-state index contributed by atoms with van der Waals surface area (Å²) in [6.45, 7) is 6.99. The Kier molecular flexibility index (Phi) is 12.8. The van der Waals surface area contributed by atoms with Crippen LogP contribution in [0.15, 0.2) is 42.9 Å². The summed E-state index contributed by atoms with van der Waals surface area (Å²) < 4.78 is 91.6. The van der Waals surface area contributed by atoms with E-state index >= 15 is 0 Å². The molecular formula is C29H36F6N6O4. The number of aromatic nitrogens is 4. The standard InChI is InChI=1S/C29H36F6N6O4/c1-4-43-13-6-12-36-26(42)22(15-19(2)3)38-24-16-25(44-14-5-11-28(30,31)32)40-27(39-24)41-17-23(37-18-41)20-7-9-21(10-8-20)45-29(33,34)35/h7-10,16-19,22H,4-6,11-15H2,1-3H3,(H,36,42)(H,38,39,40)/t22-/m0/s1. The molecule has 16 heteroatoms. The molecule has 0 aliphatic heterocycles. The first-order valence-electron chi connectivity index (χ1n) is 14.3. The van der Waals surface area contributed by atoms with Gasteiger partial charge in [-0.15, -0.1) is 13.2 Å². The summed E-state index contributed by atoms with van der Waals surface area (Å²) in [4.78, 5) is 26.1. The predicted molar refractivity (Wildman–Crippen MR) is 153 cm³/mol. The lowest BCUT2D eigenvalue weighted by molar-refractivity contribution is -0.274. The third kappa shape index (κ3) is 12.8. The molecule has 2 N–H and O–H groups in total. The van der Waals surface area contributed by atoms with Crippen molar-refractivity contribution in [3.63, 3.8) is 0 Å². The van der Waals surface area contributed by atoms with Crippen molar-refractivity contribution in [3.05, 3.63) is 42.9 Å². The van der Waals surface area contributed by atoms with E-state index in [9.17, 15) is 31.1 Å². The van der Waals surface area contributed by atoms with Gasteiger partial charge in [-0.2, -0.15) is 23.1 Å². The van der Waals surface area contributed by atoms with Crippen LogP contribution in [0.1, 0.15) is 46.5 Å². The smallest absolute Gasteiger partial charge is 0.477 e. The monoisotopic (exact) mass is 646 g/mol. The van der Waals surface area contributed by atoms with Gasteiger partial charge < -0.3 is 24.8 Å². The molecule has 1 amide bonds. The predicted octanol–water partition coefficient (Wildman–Crippen LogP) is 6.32. The van der Waals surface area contributed by atoms with E-state index in [2.05, 4.69) is 30.3 Å². The Morgan fingerprint density at radius 3 is 2.40 bits per heavy atom. The van der Waals surface area contributed by atoms with Crippen LogP contribution in [0.5, 0.6) is 11.6 Å². The molecule has 1 atom stereocenters. The average molecular weight is 647 g/mol. The van der Waals surface area contributed by atoms with Crippen molar-refractivity contribution < 1.29 is 45.3 Å². The van der Waals surface area contributed by atoms with Crippen molar-refractivity contribution in [2.45, 2.75) is 65.0 Å². The minimum atomic E-state index is -4.83. The number of imidazole rings is 1. The molecule has 0 bridgehead atoms. The fourth-order valence-corrected chi connectivity index (χ4v) is 4.07. The van der Waals surface area contributed by atoms with Gasteiger partial charge in [-0.3, -0.25) is 9.36 Å². The first kappa shape index (κ1) is 35.4. The number of benzene rings is 1. The molecule has 0 radical (unpaired) electrons. The quantitative estimate of drug-likeness (QED) is 0.130. The molecule has 45 heavy (non-hydrogen) atoms. The first-order valence-corrected chi connectivity index (χ1v) is 14.3. The number of ether oxygens (including phenoxy) is 3. The zero-order valence-electron chi connectivity index (χ0n) is 25.0. The van der Waals surface area contributed by atoms with Crippen LogP contribution in [0.2, 0.25) is 0 Å². The lowest BCUT2D eigenvalue weighted by Crippen LogP contribution is -2.41. The molecule has 0 saturated carbocycles. The second-order valence-electron chi connectivity index (χ2n) is 10.4. The molecule has 0 fully saturated rings. The second kappa shape index (κ2) is 16.3. The molecule has 0 saturated heterocycles. The number of hydrogen-bond donors (Lipinski definition) is 2. The SMILES string of the molecule is CCOCCCNC(=O)[C@H](CC(C)C)Nc1cc(OCCCC(F)(F)F)nc(-n2cnc(-c3ccc(OC(F)(F)F)cc3)c2)n1. The summed E-state index contributed by atoms with van der Waals surface area (Å²) in [5.41, 5.74) is 0.839. The molecule has 3 rings (SSSR count). The van der Waals surface area contributed by atoms with Gasteiger partial charge in [-0.25, -0.2) is 4.98 Å². The third-order valence-electron chi connectivity index (χ3n) is 6.06. The maximum atomic E-state index is 13.0. The van der Waals surface area contributed by atoms with Crippen LogP contribution in [-0.4, -0.2) is 70.4 Å². The van der Waals surface area contributed by atoms with Gasteiger partial charge in [-0.1, -0.05) is 13.8 Å². The van der Waals surface area contributed by atoms with Gasteiger partial charge in [0.25, 0.3) is 0 Å². The van der Waals surface area contributed by atoms with Gasteiger partial charge in [0.2, 0.25) is 17.7 Å². The largest absolute Gasteiger partial charge is 0.573 e. The van der Waals surface area contributed by atoms with Gasteiger partial charge in [0, 0.05) is 44.0 Å². The zero-order valence-corrected chi connectivity index (χ0v) is 25.0. The number of halogens is 6. The van der Waals surface area contributed by atoms with Crippen molar-refractivity contribution in [2.24, 2.45) is 5.92 Å². The highest BCUT2D eigenvalue weighted by molar-refractivity contribution is 5.84. The highest BCUT2D eigenvalue weighted by Gasteiger charge is 2.31. The highest BCUT2D eigenvalue weighted by atomic mass is 19.4. The van der Waals surface area contributed by atoms with E-state index in [1.807, 2.05) is 20.8 Å². The fourth-order valence-electron chi connectivity index (χ4n) is 4.07. The van der Waals surface area contributed by atoms with Gasteiger partial charge in [-0.05, 0) is 56.4 Å². The number of nitrogens with one attached hydrogen (secondary N) is 2. The molecule has 0 aliphatic rings. The Labute approximate surface area is 256 Å². The molecule has 0 spiro atoms. The van der Waals surface area contributed by atoms with Crippen LogP contribution < -0.4 is 20.1 Å². The molecule has 0 unspecified atom stereocenters. The Morgan fingerprint density at radius 1 is 1.02 bits per heavy atom. The number of alkyl halides is 6. The van der Waals surface area contributed by atoms with Gasteiger partial charge in [0.05, 0.1) is 12.3 Å². The summed E-state index contributed by atoms with van der Waals surface area (Å²) in [6.07, 6.45) is -6.55. The van der Waals surface area contributed by atoms with Crippen LogP contribution in [0.3, 0.4) is 0 Å². The lowest BCUT2D eigenvalue weighted by atomic mass is 10.0. The van der Waals surface area contributed by atoms with Crippen LogP contribution in [0.4, 0.5) is 32.2 Å². The molecular weight excluding hydrogens is 610 g/mol. The van der Waals surface area contributed by atoms with Crippen molar-refractivity contribution in [3.8, 4) is 28.8 Å². The van der Waals surface area contributed by atoms with E-state index in [1.165, 1.54) is 35.3 Å². The van der Waals surface area contributed by atoms with E-state index in [0.29, 0.717) is 43.9 Å². The molecule has 2 aromatic heterocycles. The van der Waals surface area contributed by atoms with Crippen LogP contribution in [-0.2, 0) is 9.53 Å². The maximum Gasteiger partial charge on any atom is 0.573 e. The first-order chi connectivity index (χ1) is 21.2. The Balaban J connectivity index is 1.84. The van der Waals surface area contributed by atoms with Crippen LogP contribution >= 0.6 is 0 Å². The minimum Gasteiger partial charge on any atom is -0.477 e. The number of anilines is 1. The summed E-state index contributed by atoms with van der Waals surface area (Å²) >= 11 is 0. The molecule has 0 aliphatic carbocycles. The minimum absolute atomic E-state index is 0.0296. The van der Waals surface area contributed by atoms with Gasteiger partial charge >= 0.3 is 12.5 Å². The van der Waals surface area contributed by atoms with Crippen molar-refractivity contribution >= 4 is 11.7 Å². The average Bonchev–Trinajstić information content (AvgIpc) is 3.44. The fraction of sp³-hybridized carbons (Fsp3) is 0.517. The van der Waals surface area contributed by atoms with E-state index in [0.717, 1.165) is 12.1 Å². The molecule has 10 nitrogen and oxygen atoms in total. The molecule has 3 aromatic rings. The van der Waals surface area contributed by atoms with E-state index in [1.54, 1.807) is 0 Å². The summed E-state index contributed by atoms with van der Waals surface area (Å²) in [7, 11) is 0. The van der Waals surface area contributed by atoms with E-state index < -0.39 is 30.8 Å². The number of amides is 1. The zero-order chi connectivity index (χ0) is 33.0. The van der Waals surface area contributed by atoms with E-state index in [-0.39, 0.29) is 42.5 Å². The number of carbonyl (C=O) groups is 1. The summed E-state index contributed by atoms with van der Waals surface area (Å²) in [5.74, 6) is -0.355. The normalized spacial score (nSPS) is 12.7. The van der Waals surface area contributed by atoms with Crippen molar-refractivity contribution in [1.82, 2.24) is 24.8 Å². The maximum absolute atomic E-state index is 13.0.